The van der Waals surface area contributed by atoms with Crippen LogP contribution in [0.15, 0.2) is 17.0 Å². The van der Waals surface area contributed by atoms with E-state index in [4.69, 9.17) is 10.5 Å². The monoisotopic (exact) mass is 276 g/mol. The van der Waals surface area contributed by atoms with E-state index < -0.39 is 20.5 Å². The van der Waals surface area contributed by atoms with Crippen LogP contribution in [0, 0.1) is 36.5 Å². The minimum absolute atomic E-state index is 0.135. The number of hydrogen-bond donors (Lipinski definition) is 1. The summed E-state index contributed by atoms with van der Waals surface area (Å²) in [7, 11) is -3.88. The van der Waals surface area contributed by atoms with Gasteiger partial charge < -0.3 is 5.11 Å². The molecule has 0 radical (unpaired) electrons. The third-order valence-electron chi connectivity index (χ3n) is 2.51. The minimum atomic E-state index is -3.88. The Morgan fingerprint density at radius 3 is 2.26 bits per heavy atom. The summed E-state index contributed by atoms with van der Waals surface area (Å²) in [6.45, 7) is 3.35. The van der Waals surface area contributed by atoms with Crippen molar-refractivity contribution < 1.29 is 13.5 Å². The molecule has 0 unspecified atom stereocenters. The van der Waals surface area contributed by atoms with E-state index in [-0.39, 0.29) is 5.75 Å². The SMILES string of the molecule is Cc1cc(/C=C(/C#N)S(=O)(=O)CC#N)cc(C)c1O. The Morgan fingerprint density at radius 1 is 1.32 bits per heavy atom. The van der Waals surface area contributed by atoms with Crippen LogP contribution in [-0.2, 0) is 9.84 Å². The van der Waals surface area contributed by atoms with Crippen LogP contribution in [0.1, 0.15) is 16.7 Å². The van der Waals surface area contributed by atoms with Gasteiger partial charge in [-0.15, -0.1) is 0 Å². The predicted molar refractivity (Wildman–Crippen MR) is 70.6 cm³/mol. The molecule has 0 amide bonds. The second kappa shape index (κ2) is 5.55. The van der Waals surface area contributed by atoms with Crippen LogP contribution in [0.2, 0.25) is 0 Å². The number of nitriles is 2. The van der Waals surface area contributed by atoms with E-state index in [1.54, 1.807) is 32.0 Å². The lowest BCUT2D eigenvalue weighted by Crippen LogP contribution is -2.06. The summed E-state index contributed by atoms with van der Waals surface area (Å²) in [6, 6.07) is 6.25. The molecule has 0 aliphatic heterocycles. The number of sulfone groups is 1. The van der Waals surface area contributed by atoms with Crippen molar-refractivity contribution in [1.29, 1.82) is 10.5 Å². The highest BCUT2D eigenvalue weighted by molar-refractivity contribution is 7.95. The van der Waals surface area contributed by atoms with Crippen molar-refractivity contribution in [3.8, 4) is 17.9 Å². The molecule has 1 rings (SSSR count). The third kappa shape index (κ3) is 3.34. The van der Waals surface area contributed by atoms with E-state index in [1.807, 2.05) is 0 Å². The second-order valence-electron chi connectivity index (χ2n) is 4.04. The standard InChI is InChI=1S/C13H12N2O3S/c1-9-5-11(6-10(2)13(9)16)7-12(8-15)19(17,18)4-3-14/h5-7,16H,4H2,1-2H3/b12-7-. The quantitative estimate of drug-likeness (QED) is 0.848. The molecule has 5 nitrogen and oxygen atoms in total. The summed E-state index contributed by atoms with van der Waals surface area (Å²) < 4.78 is 23.3. The van der Waals surface area contributed by atoms with Gasteiger partial charge in [0.25, 0.3) is 0 Å². The molecule has 0 spiro atoms. The van der Waals surface area contributed by atoms with E-state index >= 15 is 0 Å². The Kier molecular flexibility index (Phi) is 4.31. The third-order valence-corrected chi connectivity index (χ3v) is 3.90. The maximum Gasteiger partial charge on any atom is 0.201 e. The number of aryl methyl sites for hydroxylation is 2. The van der Waals surface area contributed by atoms with Gasteiger partial charge in [0.1, 0.15) is 22.5 Å². The molecule has 0 heterocycles. The Hall–Kier alpha value is -2.31. The van der Waals surface area contributed by atoms with Crippen LogP contribution in [0.5, 0.6) is 5.75 Å². The first-order valence-corrected chi connectivity index (χ1v) is 6.98. The van der Waals surface area contributed by atoms with Gasteiger partial charge >= 0.3 is 0 Å². The lowest BCUT2D eigenvalue weighted by molar-refractivity contribution is 0.467. The summed E-state index contributed by atoms with van der Waals surface area (Å²) in [5.41, 5.74) is 1.66. The number of aromatic hydroxyl groups is 1. The van der Waals surface area contributed by atoms with Gasteiger partial charge in [-0.2, -0.15) is 10.5 Å². The molecule has 0 fully saturated rings. The highest BCUT2D eigenvalue weighted by atomic mass is 32.2. The molecule has 0 bridgehead atoms. The Bertz CT molecular complexity index is 696. The molecular formula is C13H12N2O3S. The van der Waals surface area contributed by atoms with Crippen molar-refractivity contribution in [2.75, 3.05) is 5.75 Å². The van der Waals surface area contributed by atoms with Crippen LogP contribution in [0.3, 0.4) is 0 Å². The second-order valence-corrected chi connectivity index (χ2v) is 6.00. The van der Waals surface area contributed by atoms with E-state index in [2.05, 4.69) is 0 Å². The molecule has 0 aromatic heterocycles. The molecule has 0 saturated carbocycles. The van der Waals surface area contributed by atoms with Gasteiger partial charge in [0.2, 0.25) is 9.84 Å². The van der Waals surface area contributed by atoms with Gasteiger partial charge in [0.15, 0.2) is 0 Å². The van der Waals surface area contributed by atoms with Crippen molar-refractivity contribution in [3.05, 3.63) is 33.7 Å². The fraction of sp³-hybridized carbons (Fsp3) is 0.231. The number of phenols is 1. The van der Waals surface area contributed by atoms with Crippen molar-refractivity contribution in [1.82, 2.24) is 0 Å². The summed E-state index contributed by atoms with van der Waals surface area (Å²) in [5, 5.41) is 26.9. The van der Waals surface area contributed by atoms with Gasteiger partial charge in [0, 0.05) is 0 Å². The van der Waals surface area contributed by atoms with E-state index in [0.717, 1.165) is 0 Å². The molecule has 1 N–H and O–H groups in total. The average Bonchev–Trinajstić information content (AvgIpc) is 2.32. The Morgan fingerprint density at radius 2 is 1.84 bits per heavy atom. The number of hydrogen-bond acceptors (Lipinski definition) is 5. The number of allylic oxidation sites excluding steroid dienone is 1. The average molecular weight is 276 g/mol. The van der Waals surface area contributed by atoms with Gasteiger partial charge in [-0.1, -0.05) is 0 Å². The van der Waals surface area contributed by atoms with Gasteiger partial charge in [0.05, 0.1) is 6.07 Å². The first-order chi connectivity index (χ1) is 8.81. The largest absolute Gasteiger partial charge is 0.507 e. The number of nitrogens with zero attached hydrogens (tertiary/aromatic N) is 2. The van der Waals surface area contributed by atoms with Gasteiger partial charge in [-0.25, -0.2) is 8.42 Å². The molecule has 0 saturated heterocycles. The smallest absolute Gasteiger partial charge is 0.201 e. The zero-order valence-electron chi connectivity index (χ0n) is 10.5. The fourth-order valence-corrected chi connectivity index (χ4v) is 2.36. The van der Waals surface area contributed by atoms with Crippen LogP contribution in [-0.4, -0.2) is 19.3 Å². The number of phenolic OH excluding ortho intramolecular Hbond substituents is 1. The van der Waals surface area contributed by atoms with Gasteiger partial charge in [-0.05, 0) is 48.7 Å². The molecule has 0 atom stereocenters. The predicted octanol–water partition coefficient (Wildman–Crippen LogP) is 1.81. The van der Waals surface area contributed by atoms with Crippen LogP contribution in [0.25, 0.3) is 6.08 Å². The van der Waals surface area contributed by atoms with E-state index in [1.165, 1.54) is 12.1 Å². The normalized spacial score (nSPS) is 11.7. The summed E-state index contributed by atoms with van der Waals surface area (Å²) >= 11 is 0. The molecule has 19 heavy (non-hydrogen) atoms. The maximum absolute atomic E-state index is 11.6. The van der Waals surface area contributed by atoms with E-state index in [0.29, 0.717) is 16.7 Å². The zero-order chi connectivity index (χ0) is 14.6. The van der Waals surface area contributed by atoms with Crippen LogP contribution < -0.4 is 0 Å². The van der Waals surface area contributed by atoms with E-state index in [9.17, 15) is 13.5 Å². The topological polar surface area (TPSA) is 102 Å². The first-order valence-electron chi connectivity index (χ1n) is 5.33. The molecule has 1 aromatic rings. The molecular weight excluding hydrogens is 264 g/mol. The lowest BCUT2D eigenvalue weighted by atomic mass is 10.1. The fourth-order valence-electron chi connectivity index (χ4n) is 1.58. The van der Waals surface area contributed by atoms with Crippen molar-refractivity contribution >= 4 is 15.9 Å². The minimum Gasteiger partial charge on any atom is -0.507 e. The maximum atomic E-state index is 11.6. The number of benzene rings is 1. The van der Waals surface area contributed by atoms with Crippen LogP contribution in [0.4, 0.5) is 0 Å². The van der Waals surface area contributed by atoms with Crippen molar-refractivity contribution in [2.45, 2.75) is 13.8 Å². The first kappa shape index (κ1) is 14.7. The molecule has 98 valence electrons. The van der Waals surface area contributed by atoms with Crippen molar-refractivity contribution in [2.24, 2.45) is 0 Å². The number of rotatable bonds is 3. The molecule has 1 aromatic carbocycles. The highest BCUT2D eigenvalue weighted by Gasteiger charge is 2.17. The summed E-state index contributed by atoms with van der Waals surface area (Å²) in [5.74, 6) is -0.599. The van der Waals surface area contributed by atoms with Crippen LogP contribution >= 0.6 is 0 Å². The van der Waals surface area contributed by atoms with Gasteiger partial charge in [-0.3, -0.25) is 0 Å². The Balaban J connectivity index is 3.37. The summed E-state index contributed by atoms with van der Waals surface area (Å²) in [6.07, 6.45) is 1.20. The molecule has 0 aliphatic carbocycles. The highest BCUT2D eigenvalue weighted by Crippen LogP contribution is 2.24. The zero-order valence-corrected chi connectivity index (χ0v) is 11.3. The molecule has 6 heteroatoms. The Labute approximate surface area is 112 Å². The summed E-state index contributed by atoms with van der Waals surface area (Å²) in [4.78, 5) is -0.460. The lowest BCUT2D eigenvalue weighted by Gasteiger charge is -2.05. The van der Waals surface area contributed by atoms with Crippen molar-refractivity contribution in [3.63, 3.8) is 0 Å². The molecule has 0 aliphatic rings.